The van der Waals surface area contributed by atoms with Gasteiger partial charge in [-0.25, -0.2) is 0 Å². The van der Waals surface area contributed by atoms with Crippen LogP contribution >= 0.6 is 11.8 Å². The summed E-state index contributed by atoms with van der Waals surface area (Å²) in [6.07, 6.45) is 1.49. The standard InChI is InChI=1S/C20H21N3O3S/c1-13(24)21-15-6-4-7-16(11-15)22-19(25)12-27-18-10-9-14-5-2-3-8-17(14)23-20(18)26/h2-8,11,18H,9-10,12H2,1H3,(H,21,24)(H,22,25)(H,23,26)/t18-/m0/s1. The number of carbonyl (C=O) groups excluding carboxylic acids is 3. The summed E-state index contributed by atoms with van der Waals surface area (Å²) in [5.41, 5.74) is 3.19. The molecule has 2 aromatic rings. The van der Waals surface area contributed by atoms with E-state index in [4.69, 9.17) is 0 Å². The zero-order chi connectivity index (χ0) is 19.2. The predicted octanol–water partition coefficient (Wildman–Crippen LogP) is 3.27. The highest BCUT2D eigenvalue weighted by atomic mass is 32.2. The van der Waals surface area contributed by atoms with Gasteiger partial charge in [0.05, 0.1) is 11.0 Å². The number of fused-ring (bicyclic) bond motifs is 1. The topological polar surface area (TPSA) is 87.3 Å². The van der Waals surface area contributed by atoms with Crippen molar-refractivity contribution in [2.24, 2.45) is 0 Å². The summed E-state index contributed by atoms with van der Waals surface area (Å²) in [4.78, 5) is 35.8. The van der Waals surface area contributed by atoms with Gasteiger partial charge in [0.25, 0.3) is 0 Å². The van der Waals surface area contributed by atoms with Crippen molar-refractivity contribution >= 4 is 46.5 Å². The minimum Gasteiger partial charge on any atom is -0.326 e. The lowest BCUT2D eigenvalue weighted by Gasteiger charge is -2.13. The zero-order valence-electron chi connectivity index (χ0n) is 15.0. The lowest BCUT2D eigenvalue weighted by Crippen LogP contribution is -2.26. The van der Waals surface area contributed by atoms with Gasteiger partial charge in [0, 0.05) is 24.0 Å². The molecule has 1 aliphatic heterocycles. The summed E-state index contributed by atoms with van der Waals surface area (Å²) < 4.78 is 0. The third-order valence-electron chi connectivity index (χ3n) is 4.13. The summed E-state index contributed by atoms with van der Waals surface area (Å²) in [6.45, 7) is 1.43. The lowest BCUT2D eigenvalue weighted by atomic mass is 10.1. The van der Waals surface area contributed by atoms with E-state index >= 15 is 0 Å². The van der Waals surface area contributed by atoms with Crippen molar-refractivity contribution < 1.29 is 14.4 Å². The number of aryl methyl sites for hydroxylation is 1. The Morgan fingerprint density at radius 2 is 1.85 bits per heavy atom. The van der Waals surface area contributed by atoms with Gasteiger partial charge in [-0.15, -0.1) is 11.8 Å². The summed E-state index contributed by atoms with van der Waals surface area (Å²) in [5.74, 6) is -0.243. The Kier molecular flexibility index (Phi) is 6.13. The van der Waals surface area contributed by atoms with Crippen molar-refractivity contribution in [3.8, 4) is 0 Å². The van der Waals surface area contributed by atoms with Gasteiger partial charge in [0.1, 0.15) is 0 Å². The molecule has 0 fully saturated rings. The Labute approximate surface area is 162 Å². The van der Waals surface area contributed by atoms with E-state index in [-0.39, 0.29) is 28.7 Å². The molecule has 3 rings (SSSR count). The van der Waals surface area contributed by atoms with E-state index in [0.29, 0.717) is 17.8 Å². The summed E-state index contributed by atoms with van der Waals surface area (Å²) in [6, 6.07) is 14.7. The van der Waals surface area contributed by atoms with Crippen LogP contribution < -0.4 is 16.0 Å². The molecule has 3 amide bonds. The van der Waals surface area contributed by atoms with Crippen LogP contribution in [0.3, 0.4) is 0 Å². The maximum Gasteiger partial charge on any atom is 0.237 e. The van der Waals surface area contributed by atoms with Crippen molar-refractivity contribution in [2.75, 3.05) is 21.7 Å². The summed E-state index contributed by atoms with van der Waals surface area (Å²) in [5, 5.41) is 8.15. The molecule has 0 radical (unpaired) electrons. The Hall–Kier alpha value is -2.80. The second-order valence-corrected chi connectivity index (χ2v) is 7.49. The Bertz CT molecular complexity index is 869. The van der Waals surface area contributed by atoms with Crippen LogP contribution in [0, 0.1) is 0 Å². The first-order chi connectivity index (χ1) is 13.0. The van der Waals surface area contributed by atoms with Crippen molar-refractivity contribution in [3.63, 3.8) is 0 Å². The molecule has 27 heavy (non-hydrogen) atoms. The SMILES string of the molecule is CC(=O)Nc1cccc(NC(=O)CS[C@H]2CCc3ccccc3NC2=O)c1. The van der Waals surface area contributed by atoms with Crippen LogP contribution in [0.4, 0.5) is 17.1 Å². The maximum atomic E-state index is 12.4. The van der Waals surface area contributed by atoms with E-state index in [1.165, 1.54) is 18.7 Å². The normalized spacial score (nSPS) is 15.9. The van der Waals surface area contributed by atoms with Gasteiger partial charge in [-0.1, -0.05) is 24.3 Å². The van der Waals surface area contributed by atoms with E-state index in [1.54, 1.807) is 24.3 Å². The molecule has 0 bridgehead atoms. The highest BCUT2D eigenvalue weighted by molar-refractivity contribution is 8.01. The molecule has 0 spiro atoms. The van der Waals surface area contributed by atoms with Gasteiger partial charge < -0.3 is 16.0 Å². The molecule has 1 aliphatic rings. The van der Waals surface area contributed by atoms with E-state index in [2.05, 4.69) is 16.0 Å². The highest BCUT2D eigenvalue weighted by Gasteiger charge is 2.24. The first kappa shape index (κ1) is 19.0. The zero-order valence-corrected chi connectivity index (χ0v) is 15.8. The fraction of sp³-hybridized carbons (Fsp3) is 0.250. The third kappa shape index (κ3) is 5.34. The smallest absolute Gasteiger partial charge is 0.237 e. The Morgan fingerprint density at radius 3 is 2.63 bits per heavy atom. The molecule has 3 N–H and O–H groups in total. The average molecular weight is 383 g/mol. The number of nitrogens with one attached hydrogen (secondary N) is 3. The van der Waals surface area contributed by atoms with Crippen molar-refractivity contribution in [3.05, 3.63) is 54.1 Å². The van der Waals surface area contributed by atoms with Gasteiger partial charge in [0.15, 0.2) is 0 Å². The van der Waals surface area contributed by atoms with Gasteiger partial charge in [-0.2, -0.15) is 0 Å². The van der Waals surface area contributed by atoms with Crippen LogP contribution in [0.15, 0.2) is 48.5 Å². The molecule has 0 saturated heterocycles. The number of rotatable bonds is 5. The van der Waals surface area contributed by atoms with Crippen molar-refractivity contribution in [1.29, 1.82) is 0 Å². The molecule has 1 heterocycles. The Morgan fingerprint density at radius 1 is 1.11 bits per heavy atom. The summed E-state index contributed by atoms with van der Waals surface area (Å²) >= 11 is 1.34. The fourth-order valence-corrected chi connectivity index (χ4v) is 3.82. The number of anilines is 3. The quantitative estimate of drug-likeness (QED) is 0.739. The third-order valence-corrected chi connectivity index (χ3v) is 5.41. The Balaban J connectivity index is 1.53. The van der Waals surface area contributed by atoms with Gasteiger partial charge in [-0.3, -0.25) is 14.4 Å². The molecule has 1 atom stereocenters. The van der Waals surface area contributed by atoms with Gasteiger partial charge in [0.2, 0.25) is 17.7 Å². The number of amides is 3. The fourth-order valence-electron chi connectivity index (χ4n) is 2.90. The molecular weight excluding hydrogens is 362 g/mol. The van der Waals surface area contributed by atoms with Crippen LogP contribution in [0.5, 0.6) is 0 Å². The predicted molar refractivity (Wildman–Crippen MR) is 109 cm³/mol. The first-order valence-corrected chi connectivity index (χ1v) is 9.74. The largest absolute Gasteiger partial charge is 0.326 e. The van der Waals surface area contributed by atoms with Crippen molar-refractivity contribution in [1.82, 2.24) is 0 Å². The molecule has 140 valence electrons. The van der Waals surface area contributed by atoms with E-state index in [1.807, 2.05) is 24.3 Å². The monoisotopic (exact) mass is 383 g/mol. The summed E-state index contributed by atoms with van der Waals surface area (Å²) in [7, 11) is 0. The van der Waals surface area contributed by atoms with E-state index in [0.717, 1.165) is 17.7 Å². The van der Waals surface area contributed by atoms with Crippen LogP contribution in [0.25, 0.3) is 0 Å². The molecule has 0 unspecified atom stereocenters. The molecule has 0 aromatic heterocycles. The van der Waals surface area contributed by atoms with Gasteiger partial charge in [-0.05, 0) is 42.7 Å². The van der Waals surface area contributed by atoms with E-state index < -0.39 is 0 Å². The highest BCUT2D eigenvalue weighted by Crippen LogP contribution is 2.27. The van der Waals surface area contributed by atoms with Crippen LogP contribution in [-0.4, -0.2) is 28.7 Å². The number of para-hydroxylation sites is 1. The number of thioether (sulfide) groups is 1. The average Bonchev–Trinajstić information content (AvgIpc) is 2.78. The number of benzene rings is 2. The van der Waals surface area contributed by atoms with E-state index in [9.17, 15) is 14.4 Å². The number of hydrogen-bond acceptors (Lipinski definition) is 4. The van der Waals surface area contributed by atoms with Crippen molar-refractivity contribution in [2.45, 2.75) is 25.0 Å². The minimum absolute atomic E-state index is 0.0644. The van der Waals surface area contributed by atoms with Crippen LogP contribution in [-0.2, 0) is 20.8 Å². The molecule has 0 saturated carbocycles. The molecular formula is C20H21N3O3S. The molecule has 2 aromatic carbocycles. The second-order valence-electron chi connectivity index (χ2n) is 6.29. The minimum atomic E-state index is -0.270. The molecule has 0 aliphatic carbocycles. The lowest BCUT2D eigenvalue weighted by molar-refractivity contribution is -0.116. The number of hydrogen-bond donors (Lipinski definition) is 3. The van der Waals surface area contributed by atoms with Crippen LogP contribution in [0.2, 0.25) is 0 Å². The maximum absolute atomic E-state index is 12.4. The molecule has 7 heteroatoms. The van der Waals surface area contributed by atoms with Crippen LogP contribution in [0.1, 0.15) is 18.9 Å². The second kappa shape index (κ2) is 8.73. The first-order valence-electron chi connectivity index (χ1n) is 8.69. The molecule has 6 nitrogen and oxygen atoms in total. The number of carbonyl (C=O) groups is 3. The van der Waals surface area contributed by atoms with Gasteiger partial charge >= 0.3 is 0 Å².